The minimum Gasteiger partial charge on any atom is -0.493 e. The third-order valence-electron chi connectivity index (χ3n) is 3.19. The number of sulfonamides is 1. The molecular weight excluding hydrogens is 309 g/mol. The standard InChI is InChI=1S/C15H16FNO4S/c1-17(12-6-4-5-11(16)9-12)22(18,19)13-7-8-14(20-2)15(10-13)21-3/h4-10H,1-3H3. The van der Waals surface area contributed by atoms with Crippen molar-refractivity contribution in [3.05, 3.63) is 48.3 Å². The third-order valence-corrected chi connectivity index (χ3v) is 4.97. The van der Waals surface area contributed by atoms with Crippen LogP contribution in [0.5, 0.6) is 11.5 Å². The van der Waals surface area contributed by atoms with E-state index < -0.39 is 15.8 Å². The predicted octanol–water partition coefficient (Wildman–Crippen LogP) is 2.67. The average Bonchev–Trinajstić information content (AvgIpc) is 2.53. The van der Waals surface area contributed by atoms with Gasteiger partial charge in [-0.2, -0.15) is 0 Å². The fourth-order valence-corrected chi connectivity index (χ4v) is 3.15. The monoisotopic (exact) mass is 325 g/mol. The molecule has 0 aromatic heterocycles. The number of hydrogen-bond donors (Lipinski definition) is 0. The van der Waals surface area contributed by atoms with Gasteiger partial charge in [0, 0.05) is 13.1 Å². The Morgan fingerprint density at radius 3 is 2.27 bits per heavy atom. The number of rotatable bonds is 5. The van der Waals surface area contributed by atoms with Crippen LogP contribution in [-0.4, -0.2) is 29.7 Å². The van der Waals surface area contributed by atoms with Crippen molar-refractivity contribution in [1.29, 1.82) is 0 Å². The van der Waals surface area contributed by atoms with Crippen molar-refractivity contribution in [2.45, 2.75) is 4.90 Å². The van der Waals surface area contributed by atoms with Gasteiger partial charge in [-0.25, -0.2) is 12.8 Å². The highest BCUT2D eigenvalue weighted by Crippen LogP contribution is 2.31. The fraction of sp³-hybridized carbons (Fsp3) is 0.200. The zero-order chi connectivity index (χ0) is 16.3. The lowest BCUT2D eigenvalue weighted by Gasteiger charge is -2.20. The van der Waals surface area contributed by atoms with Crippen molar-refractivity contribution in [2.75, 3.05) is 25.6 Å². The van der Waals surface area contributed by atoms with Gasteiger partial charge in [0.25, 0.3) is 10.0 Å². The molecule has 0 saturated carbocycles. The van der Waals surface area contributed by atoms with Crippen LogP contribution in [0.1, 0.15) is 0 Å². The van der Waals surface area contributed by atoms with Crippen LogP contribution in [0.25, 0.3) is 0 Å². The normalized spacial score (nSPS) is 11.1. The van der Waals surface area contributed by atoms with Crippen molar-refractivity contribution in [1.82, 2.24) is 0 Å². The SMILES string of the molecule is COc1ccc(S(=O)(=O)N(C)c2cccc(F)c2)cc1OC. The van der Waals surface area contributed by atoms with Crippen LogP contribution >= 0.6 is 0 Å². The molecular formula is C15H16FNO4S. The molecule has 118 valence electrons. The second-order valence-electron chi connectivity index (χ2n) is 4.47. The first-order valence-corrected chi connectivity index (χ1v) is 7.80. The summed E-state index contributed by atoms with van der Waals surface area (Å²) >= 11 is 0. The minimum atomic E-state index is -3.84. The second-order valence-corrected chi connectivity index (χ2v) is 6.44. The molecule has 2 rings (SSSR count). The number of ether oxygens (including phenoxy) is 2. The Bertz CT molecular complexity index is 777. The van der Waals surface area contributed by atoms with E-state index in [4.69, 9.17) is 9.47 Å². The van der Waals surface area contributed by atoms with E-state index in [1.807, 2.05) is 0 Å². The van der Waals surface area contributed by atoms with Crippen LogP contribution in [0.4, 0.5) is 10.1 Å². The largest absolute Gasteiger partial charge is 0.493 e. The predicted molar refractivity (Wildman–Crippen MR) is 81.5 cm³/mol. The maximum Gasteiger partial charge on any atom is 0.264 e. The van der Waals surface area contributed by atoms with Gasteiger partial charge in [-0.3, -0.25) is 4.31 Å². The molecule has 0 aliphatic rings. The number of anilines is 1. The van der Waals surface area contributed by atoms with Gasteiger partial charge < -0.3 is 9.47 Å². The summed E-state index contributed by atoms with van der Waals surface area (Å²) in [6.45, 7) is 0. The van der Waals surface area contributed by atoms with Crippen LogP contribution < -0.4 is 13.8 Å². The topological polar surface area (TPSA) is 55.8 Å². The Hall–Kier alpha value is -2.28. The maximum absolute atomic E-state index is 13.3. The fourth-order valence-electron chi connectivity index (χ4n) is 1.95. The smallest absolute Gasteiger partial charge is 0.264 e. The van der Waals surface area contributed by atoms with E-state index in [2.05, 4.69) is 0 Å². The van der Waals surface area contributed by atoms with Gasteiger partial charge in [-0.15, -0.1) is 0 Å². The molecule has 0 aliphatic heterocycles. The summed E-state index contributed by atoms with van der Waals surface area (Å²) in [6.07, 6.45) is 0. The van der Waals surface area contributed by atoms with Crippen LogP contribution in [0.2, 0.25) is 0 Å². The van der Waals surface area contributed by atoms with E-state index in [1.54, 1.807) is 0 Å². The first kappa shape index (κ1) is 16.1. The Kier molecular flexibility index (Phi) is 4.56. The molecule has 0 heterocycles. The summed E-state index contributed by atoms with van der Waals surface area (Å²) in [5, 5.41) is 0. The molecule has 0 aliphatic carbocycles. The first-order valence-electron chi connectivity index (χ1n) is 6.36. The molecule has 2 aromatic carbocycles. The Balaban J connectivity index is 2.46. The Morgan fingerprint density at radius 1 is 1.00 bits per heavy atom. The molecule has 0 atom stereocenters. The lowest BCUT2D eigenvalue weighted by molar-refractivity contribution is 0.354. The van der Waals surface area contributed by atoms with E-state index in [0.717, 1.165) is 10.4 Å². The van der Waals surface area contributed by atoms with Crippen molar-refractivity contribution in [2.24, 2.45) is 0 Å². The van der Waals surface area contributed by atoms with Crippen molar-refractivity contribution in [3.8, 4) is 11.5 Å². The van der Waals surface area contributed by atoms with Crippen LogP contribution in [0.15, 0.2) is 47.4 Å². The van der Waals surface area contributed by atoms with Gasteiger partial charge in [0.1, 0.15) is 5.82 Å². The van der Waals surface area contributed by atoms with E-state index in [9.17, 15) is 12.8 Å². The lowest BCUT2D eigenvalue weighted by atomic mass is 10.3. The highest BCUT2D eigenvalue weighted by molar-refractivity contribution is 7.92. The molecule has 0 fully saturated rings. The molecule has 0 N–H and O–H groups in total. The van der Waals surface area contributed by atoms with Gasteiger partial charge in [0.05, 0.1) is 24.8 Å². The summed E-state index contributed by atoms with van der Waals surface area (Å²) in [7, 11) is 0.411. The van der Waals surface area contributed by atoms with E-state index in [0.29, 0.717) is 11.5 Å². The van der Waals surface area contributed by atoms with Crippen molar-refractivity contribution in [3.63, 3.8) is 0 Å². The van der Waals surface area contributed by atoms with Crippen LogP contribution in [0, 0.1) is 5.82 Å². The third kappa shape index (κ3) is 2.99. The van der Waals surface area contributed by atoms with E-state index in [-0.39, 0.29) is 10.6 Å². The Morgan fingerprint density at radius 2 is 1.68 bits per heavy atom. The van der Waals surface area contributed by atoms with Crippen LogP contribution in [-0.2, 0) is 10.0 Å². The molecule has 0 unspecified atom stereocenters. The average molecular weight is 325 g/mol. The molecule has 5 nitrogen and oxygen atoms in total. The first-order chi connectivity index (χ1) is 10.4. The maximum atomic E-state index is 13.3. The molecule has 0 spiro atoms. The number of halogens is 1. The van der Waals surface area contributed by atoms with Gasteiger partial charge in [0.15, 0.2) is 11.5 Å². The van der Waals surface area contributed by atoms with Gasteiger partial charge >= 0.3 is 0 Å². The molecule has 0 radical (unpaired) electrons. The number of hydrogen-bond acceptors (Lipinski definition) is 4. The summed E-state index contributed by atoms with van der Waals surface area (Å²) in [5.74, 6) is 0.220. The minimum absolute atomic E-state index is 0.0249. The second kappa shape index (κ2) is 6.23. The van der Waals surface area contributed by atoms with Gasteiger partial charge in [0.2, 0.25) is 0 Å². The van der Waals surface area contributed by atoms with E-state index in [1.165, 1.54) is 57.7 Å². The summed E-state index contributed by atoms with van der Waals surface area (Å²) in [5.41, 5.74) is 0.231. The molecule has 0 bridgehead atoms. The number of benzene rings is 2. The number of nitrogens with zero attached hydrogens (tertiary/aromatic N) is 1. The van der Waals surface area contributed by atoms with E-state index >= 15 is 0 Å². The summed E-state index contributed by atoms with van der Waals surface area (Å²) in [4.78, 5) is 0.0249. The quantitative estimate of drug-likeness (QED) is 0.848. The molecule has 0 amide bonds. The van der Waals surface area contributed by atoms with Crippen molar-refractivity contribution >= 4 is 15.7 Å². The van der Waals surface area contributed by atoms with Crippen molar-refractivity contribution < 1.29 is 22.3 Å². The zero-order valence-corrected chi connectivity index (χ0v) is 13.2. The van der Waals surface area contributed by atoms with Gasteiger partial charge in [-0.05, 0) is 30.3 Å². The highest BCUT2D eigenvalue weighted by atomic mass is 32.2. The molecule has 2 aromatic rings. The lowest BCUT2D eigenvalue weighted by Crippen LogP contribution is -2.26. The highest BCUT2D eigenvalue weighted by Gasteiger charge is 2.23. The molecule has 7 heteroatoms. The van der Waals surface area contributed by atoms with Gasteiger partial charge in [-0.1, -0.05) is 6.07 Å². The summed E-state index contributed by atoms with van der Waals surface area (Å²) < 4.78 is 49.7. The van der Waals surface area contributed by atoms with Crippen LogP contribution in [0.3, 0.4) is 0 Å². The molecule has 0 saturated heterocycles. The number of methoxy groups -OCH3 is 2. The molecule has 22 heavy (non-hydrogen) atoms. The Labute approximate surface area is 128 Å². The summed E-state index contributed by atoms with van der Waals surface area (Å²) in [6, 6.07) is 9.65. The zero-order valence-electron chi connectivity index (χ0n) is 12.4.